The van der Waals surface area contributed by atoms with Crippen LogP contribution in [0.4, 0.5) is 0 Å². The van der Waals surface area contributed by atoms with Gasteiger partial charge in [0.2, 0.25) is 5.91 Å². The monoisotopic (exact) mass is 458 g/mol. The number of hydrogen-bond acceptors (Lipinski definition) is 3. The van der Waals surface area contributed by atoms with Gasteiger partial charge in [-0.1, -0.05) is 66.2 Å². The summed E-state index contributed by atoms with van der Waals surface area (Å²) < 4.78 is 5.99. The molecule has 0 fully saturated rings. The highest BCUT2D eigenvalue weighted by Gasteiger charge is 2.30. The standard InChI is InChI=1S/C29H34N2O3/c1-20-10-9-13-25(15-20)18-31(26(29(33)30-5)17-24-11-7-6-8-12-24)28(32)19-34-27-16-21(2)14-22(3)23(27)4/h6-16,26H,17-19H2,1-5H3,(H,30,33). The smallest absolute Gasteiger partial charge is 0.261 e. The van der Waals surface area contributed by atoms with Crippen molar-refractivity contribution in [3.05, 3.63) is 100 Å². The molecular formula is C29H34N2O3. The first-order chi connectivity index (χ1) is 16.3. The summed E-state index contributed by atoms with van der Waals surface area (Å²) in [7, 11) is 1.60. The SMILES string of the molecule is CNC(=O)C(Cc1ccccc1)N(Cc1cccc(C)c1)C(=O)COc1cc(C)cc(C)c1C. The second-order valence-corrected chi connectivity index (χ2v) is 8.82. The molecule has 2 amide bonds. The molecule has 0 spiro atoms. The van der Waals surface area contributed by atoms with E-state index in [9.17, 15) is 9.59 Å². The van der Waals surface area contributed by atoms with Gasteiger partial charge in [0.15, 0.2) is 6.61 Å². The zero-order valence-electron chi connectivity index (χ0n) is 20.7. The van der Waals surface area contributed by atoms with Gasteiger partial charge >= 0.3 is 0 Å². The molecule has 0 bridgehead atoms. The molecule has 3 aromatic rings. The van der Waals surface area contributed by atoms with Crippen molar-refractivity contribution < 1.29 is 14.3 Å². The second-order valence-electron chi connectivity index (χ2n) is 8.82. The molecule has 1 atom stereocenters. The number of nitrogens with one attached hydrogen (secondary N) is 1. The van der Waals surface area contributed by atoms with Crippen LogP contribution in [0, 0.1) is 27.7 Å². The van der Waals surface area contributed by atoms with Gasteiger partial charge in [-0.15, -0.1) is 0 Å². The van der Waals surface area contributed by atoms with Crippen LogP contribution in [0.25, 0.3) is 0 Å². The third kappa shape index (κ3) is 6.47. The van der Waals surface area contributed by atoms with Crippen LogP contribution in [0.1, 0.15) is 33.4 Å². The lowest BCUT2D eigenvalue weighted by molar-refractivity contribution is -0.142. The fourth-order valence-electron chi connectivity index (χ4n) is 4.10. The largest absolute Gasteiger partial charge is 0.483 e. The van der Waals surface area contributed by atoms with Crippen molar-refractivity contribution in [2.24, 2.45) is 0 Å². The fourth-order valence-corrected chi connectivity index (χ4v) is 4.10. The lowest BCUT2D eigenvalue weighted by atomic mass is 10.0. The zero-order chi connectivity index (χ0) is 24.7. The molecule has 1 N–H and O–H groups in total. The number of hydrogen-bond donors (Lipinski definition) is 1. The summed E-state index contributed by atoms with van der Waals surface area (Å²) in [6.45, 7) is 8.22. The first-order valence-electron chi connectivity index (χ1n) is 11.6. The maximum atomic E-state index is 13.6. The van der Waals surface area contributed by atoms with Gasteiger partial charge in [0, 0.05) is 20.0 Å². The van der Waals surface area contributed by atoms with E-state index in [4.69, 9.17) is 4.74 Å². The van der Waals surface area contributed by atoms with E-state index >= 15 is 0 Å². The summed E-state index contributed by atoms with van der Waals surface area (Å²) in [6.07, 6.45) is 0.417. The normalized spacial score (nSPS) is 11.6. The third-order valence-electron chi connectivity index (χ3n) is 6.07. The van der Waals surface area contributed by atoms with Crippen molar-refractivity contribution >= 4 is 11.8 Å². The average Bonchev–Trinajstić information content (AvgIpc) is 2.82. The molecule has 0 aliphatic carbocycles. The van der Waals surface area contributed by atoms with Crippen LogP contribution >= 0.6 is 0 Å². The summed E-state index contributed by atoms with van der Waals surface area (Å²) in [4.78, 5) is 28.2. The van der Waals surface area contributed by atoms with Gasteiger partial charge in [-0.3, -0.25) is 9.59 Å². The molecule has 0 saturated heterocycles. The first-order valence-corrected chi connectivity index (χ1v) is 11.6. The van der Waals surface area contributed by atoms with Crippen molar-refractivity contribution in [1.82, 2.24) is 10.2 Å². The number of carbonyl (C=O) groups excluding carboxylic acids is 2. The van der Waals surface area contributed by atoms with Crippen LogP contribution < -0.4 is 10.1 Å². The second kappa shape index (κ2) is 11.5. The molecule has 0 aliphatic heterocycles. The number of carbonyl (C=O) groups is 2. The highest BCUT2D eigenvalue weighted by molar-refractivity contribution is 5.88. The molecule has 3 aromatic carbocycles. The van der Waals surface area contributed by atoms with Crippen LogP contribution in [-0.4, -0.2) is 36.4 Å². The first kappa shape index (κ1) is 25.0. The number of aryl methyl sites for hydroxylation is 3. The summed E-state index contributed by atoms with van der Waals surface area (Å²) in [5, 5.41) is 2.74. The van der Waals surface area contributed by atoms with E-state index < -0.39 is 6.04 Å². The van der Waals surface area contributed by atoms with E-state index in [1.807, 2.05) is 88.4 Å². The fraction of sp³-hybridized carbons (Fsp3) is 0.310. The summed E-state index contributed by atoms with van der Waals surface area (Å²) in [5.41, 5.74) is 6.27. The number of ether oxygens (including phenoxy) is 1. The van der Waals surface area contributed by atoms with Gasteiger partial charge in [-0.05, 0) is 61.6 Å². The Morgan fingerprint density at radius 3 is 2.26 bits per heavy atom. The summed E-state index contributed by atoms with van der Waals surface area (Å²) in [6, 6.07) is 21.1. The Morgan fingerprint density at radius 2 is 1.59 bits per heavy atom. The Bertz CT molecular complexity index is 1140. The van der Waals surface area contributed by atoms with Crippen molar-refractivity contribution in [2.45, 2.75) is 46.7 Å². The highest BCUT2D eigenvalue weighted by atomic mass is 16.5. The molecule has 0 heterocycles. The molecule has 1 unspecified atom stereocenters. The van der Waals surface area contributed by atoms with E-state index in [1.165, 1.54) is 0 Å². The van der Waals surface area contributed by atoms with E-state index in [0.717, 1.165) is 33.4 Å². The molecule has 5 nitrogen and oxygen atoms in total. The minimum absolute atomic E-state index is 0.141. The van der Waals surface area contributed by atoms with Crippen LogP contribution in [0.2, 0.25) is 0 Å². The molecule has 0 saturated carbocycles. The molecule has 34 heavy (non-hydrogen) atoms. The Kier molecular flexibility index (Phi) is 8.47. The Hall–Kier alpha value is -3.60. The quantitative estimate of drug-likeness (QED) is 0.506. The van der Waals surface area contributed by atoms with Gasteiger partial charge in [-0.25, -0.2) is 0 Å². The molecule has 0 aliphatic rings. The lowest BCUT2D eigenvalue weighted by Crippen LogP contribution is -2.51. The maximum absolute atomic E-state index is 13.6. The maximum Gasteiger partial charge on any atom is 0.261 e. The van der Waals surface area contributed by atoms with Gasteiger partial charge < -0.3 is 15.0 Å². The molecule has 178 valence electrons. The molecule has 5 heteroatoms. The van der Waals surface area contributed by atoms with Crippen molar-refractivity contribution in [2.75, 3.05) is 13.7 Å². The predicted molar refractivity (Wildman–Crippen MR) is 136 cm³/mol. The van der Waals surface area contributed by atoms with Crippen molar-refractivity contribution in [1.29, 1.82) is 0 Å². The van der Waals surface area contributed by atoms with E-state index in [0.29, 0.717) is 18.7 Å². The predicted octanol–water partition coefficient (Wildman–Crippen LogP) is 4.69. The molecule has 3 rings (SSSR count). The third-order valence-corrected chi connectivity index (χ3v) is 6.07. The van der Waals surface area contributed by atoms with Gasteiger partial charge in [0.05, 0.1) is 0 Å². The van der Waals surface area contributed by atoms with Crippen LogP contribution in [0.15, 0.2) is 66.7 Å². The Labute approximate surface area is 202 Å². The van der Waals surface area contributed by atoms with Crippen molar-refractivity contribution in [3.63, 3.8) is 0 Å². The topological polar surface area (TPSA) is 58.6 Å². The van der Waals surface area contributed by atoms with Gasteiger partial charge in [-0.2, -0.15) is 0 Å². The molecule has 0 radical (unpaired) electrons. The Morgan fingerprint density at radius 1 is 0.882 bits per heavy atom. The van der Waals surface area contributed by atoms with Crippen LogP contribution in [0.5, 0.6) is 5.75 Å². The Balaban J connectivity index is 1.90. The number of benzene rings is 3. The van der Waals surface area contributed by atoms with E-state index in [-0.39, 0.29) is 18.4 Å². The minimum atomic E-state index is -0.663. The van der Waals surface area contributed by atoms with Crippen molar-refractivity contribution in [3.8, 4) is 5.75 Å². The number of amides is 2. The zero-order valence-corrected chi connectivity index (χ0v) is 20.7. The van der Waals surface area contributed by atoms with Gasteiger partial charge in [0.1, 0.15) is 11.8 Å². The molecular weight excluding hydrogens is 424 g/mol. The number of nitrogens with zero attached hydrogens (tertiary/aromatic N) is 1. The highest BCUT2D eigenvalue weighted by Crippen LogP contribution is 2.24. The number of rotatable bonds is 9. The van der Waals surface area contributed by atoms with E-state index in [2.05, 4.69) is 11.4 Å². The average molecular weight is 459 g/mol. The van der Waals surface area contributed by atoms with Crippen LogP contribution in [-0.2, 0) is 22.6 Å². The molecule has 0 aromatic heterocycles. The van der Waals surface area contributed by atoms with E-state index in [1.54, 1.807) is 11.9 Å². The summed E-state index contributed by atoms with van der Waals surface area (Å²) >= 11 is 0. The minimum Gasteiger partial charge on any atom is -0.483 e. The lowest BCUT2D eigenvalue weighted by Gasteiger charge is -2.31. The summed E-state index contributed by atoms with van der Waals surface area (Å²) in [5.74, 6) is 0.262. The number of likely N-dealkylation sites (N-methyl/N-ethyl adjacent to an activating group) is 1. The van der Waals surface area contributed by atoms with Crippen LogP contribution in [0.3, 0.4) is 0 Å². The van der Waals surface area contributed by atoms with Gasteiger partial charge in [0.25, 0.3) is 5.91 Å².